The smallest absolute Gasteiger partial charge is 0.282 e. The molecule has 0 aliphatic rings. The second-order valence-corrected chi connectivity index (χ2v) is 7.47. The number of halogens is 1. The van der Waals surface area contributed by atoms with Crippen LogP contribution in [-0.2, 0) is 6.54 Å². The predicted molar refractivity (Wildman–Crippen MR) is 114 cm³/mol. The number of para-hydroxylation sites is 1. The molecule has 136 valence electrons. The van der Waals surface area contributed by atoms with Crippen LogP contribution in [0.4, 0.5) is 0 Å². The summed E-state index contributed by atoms with van der Waals surface area (Å²) < 4.78 is 4.58. The quantitative estimate of drug-likeness (QED) is 0.421. The molecule has 0 N–H and O–H groups in total. The summed E-state index contributed by atoms with van der Waals surface area (Å²) in [5.41, 5.74) is 3.61. The summed E-state index contributed by atoms with van der Waals surface area (Å²) in [6.45, 7) is 0.561. The number of pyridine rings is 2. The number of fused-ring (bicyclic) bond motifs is 3. The van der Waals surface area contributed by atoms with Gasteiger partial charge in [0.05, 0.1) is 12.0 Å². The first-order chi connectivity index (χ1) is 13.7. The van der Waals surface area contributed by atoms with Gasteiger partial charge in [-0.05, 0) is 42.0 Å². The van der Waals surface area contributed by atoms with Crippen molar-refractivity contribution in [2.75, 3.05) is 0 Å². The van der Waals surface area contributed by atoms with E-state index in [1.807, 2.05) is 71.3 Å². The molecule has 28 heavy (non-hydrogen) atoms. The maximum absolute atomic E-state index is 13.5. The van der Waals surface area contributed by atoms with Crippen molar-refractivity contribution in [3.63, 3.8) is 0 Å². The van der Waals surface area contributed by atoms with Gasteiger partial charge >= 0.3 is 0 Å². The lowest BCUT2D eigenvalue weighted by atomic mass is 10.2. The van der Waals surface area contributed by atoms with Crippen LogP contribution in [0, 0.1) is 0 Å². The van der Waals surface area contributed by atoms with Crippen molar-refractivity contribution in [1.29, 1.82) is 0 Å². The van der Waals surface area contributed by atoms with E-state index in [4.69, 9.17) is 0 Å². The molecule has 3 heterocycles. The van der Waals surface area contributed by atoms with Crippen molar-refractivity contribution in [2.24, 2.45) is 0 Å². The summed E-state index contributed by atoms with van der Waals surface area (Å²) in [6.07, 6.45) is 3.43. The molecule has 5 nitrogen and oxygen atoms in total. The Hall–Kier alpha value is -3.25. The number of aromatic nitrogens is 4. The third-order valence-electron chi connectivity index (χ3n) is 4.75. The summed E-state index contributed by atoms with van der Waals surface area (Å²) >= 11 is 3.51. The largest absolute Gasteiger partial charge is 0.322 e. The molecule has 5 rings (SSSR count). The van der Waals surface area contributed by atoms with Gasteiger partial charge in [0.15, 0.2) is 0 Å². The Kier molecular flexibility index (Phi) is 4.06. The van der Waals surface area contributed by atoms with Crippen molar-refractivity contribution >= 4 is 38.0 Å². The highest BCUT2D eigenvalue weighted by Crippen LogP contribution is 2.23. The molecule has 0 spiro atoms. The molecule has 0 atom stereocenters. The number of nitrogens with zero attached hydrogens (tertiary/aromatic N) is 4. The third kappa shape index (κ3) is 2.73. The van der Waals surface area contributed by atoms with Gasteiger partial charge in [-0.15, -0.1) is 0 Å². The predicted octanol–water partition coefficient (Wildman–Crippen LogP) is 4.55. The van der Waals surface area contributed by atoms with Gasteiger partial charge < -0.3 is 4.57 Å². The second kappa shape index (κ2) is 6.73. The van der Waals surface area contributed by atoms with Crippen LogP contribution in [0.3, 0.4) is 0 Å². The summed E-state index contributed by atoms with van der Waals surface area (Å²) in [5, 5.41) is 0.856. The van der Waals surface area contributed by atoms with E-state index in [1.54, 1.807) is 17.1 Å². The summed E-state index contributed by atoms with van der Waals surface area (Å²) in [7, 11) is 0. The Morgan fingerprint density at radius 1 is 0.929 bits per heavy atom. The molecule has 0 amide bonds. The highest BCUT2D eigenvalue weighted by atomic mass is 79.9. The van der Waals surface area contributed by atoms with Gasteiger partial charge in [0.1, 0.15) is 16.7 Å². The van der Waals surface area contributed by atoms with Crippen LogP contribution in [-0.4, -0.2) is 19.1 Å². The first-order valence-electron chi connectivity index (χ1n) is 8.87. The zero-order valence-electron chi connectivity index (χ0n) is 14.8. The van der Waals surface area contributed by atoms with E-state index < -0.39 is 0 Å². The topological polar surface area (TPSA) is 52.7 Å². The highest BCUT2D eigenvalue weighted by molar-refractivity contribution is 9.10. The first-order valence-corrected chi connectivity index (χ1v) is 9.66. The van der Waals surface area contributed by atoms with Crippen LogP contribution in [0.25, 0.3) is 27.8 Å². The van der Waals surface area contributed by atoms with Crippen molar-refractivity contribution in [2.45, 2.75) is 6.54 Å². The van der Waals surface area contributed by atoms with Crippen LogP contribution in [0.2, 0.25) is 0 Å². The van der Waals surface area contributed by atoms with E-state index in [9.17, 15) is 4.79 Å². The van der Waals surface area contributed by atoms with E-state index in [1.165, 1.54) is 0 Å². The molecule has 0 fully saturated rings. The van der Waals surface area contributed by atoms with Gasteiger partial charge in [-0.3, -0.25) is 9.36 Å². The van der Waals surface area contributed by atoms with E-state index in [2.05, 4.69) is 25.9 Å². The molecule has 0 aliphatic carbocycles. The number of hydrogen-bond donors (Lipinski definition) is 0. The molecule has 0 saturated heterocycles. The Morgan fingerprint density at radius 3 is 2.61 bits per heavy atom. The monoisotopic (exact) mass is 430 g/mol. The summed E-state index contributed by atoms with van der Waals surface area (Å²) in [5.74, 6) is 0. The lowest BCUT2D eigenvalue weighted by molar-refractivity contribution is 0.815. The average molecular weight is 431 g/mol. The number of hydrogen-bond acceptors (Lipinski definition) is 3. The lowest BCUT2D eigenvalue weighted by Gasteiger charge is -2.11. The number of benzene rings is 2. The van der Waals surface area contributed by atoms with Crippen LogP contribution in [0.1, 0.15) is 5.56 Å². The molecule has 0 radical (unpaired) electrons. The SMILES string of the molecule is O=c1c2c(ncn2Cc2cccc(Br)c2)c2cccnc2n1-c1ccccc1. The van der Waals surface area contributed by atoms with Gasteiger partial charge in [-0.25, -0.2) is 9.97 Å². The summed E-state index contributed by atoms with van der Waals surface area (Å²) in [6, 6.07) is 21.5. The Balaban J connectivity index is 1.82. The molecule has 5 aromatic rings. The van der Waals surface area contributed by atoms with Gasteiger partial charge in [-0.2, -0.15) is 0 Å². The zero-order valence-corrected chi connectivity index (χ0v) is 16.4. The minimum absolute atomic E-state index is 0.125. The fraction of sp³-hybridized carbons (Fsp3) is 0.0455. The molecular weight excluding hydrogens is 416 g/mol. The van der Waals surface area contributed by atoms with E-state index in [0.717, 1.165) is 21.1 Å². The standard InChI is InChI=1S/C22H15BrN4O/c23-16-7-4-6-15(12-16)13-26-14-25-19-18-10-5-11-24-21(18)27(22(28)20(19)26)17-8-2-1-3-9-17/h1-12,14H,13H2. The Labute approximate surface area is 169 Å². The van der Waals surface area contributed by atoms with Crippen molar-refractivity contribution in [3.05, 3.63) is 99.6 Å². The fourth-order valence-electron chi connectivity index (χ4n) is 3.53. The lowest BCUT2D eigenvalue weighted by Crippen LogP contribution is -2.22. The molecular formula is C22H15BrN4O. The van der Waals surface area contributed by atoms with E-state index in [0.29, 0.717) is 23.2 Å². The van der Waals surface area contributed by atoms with Gasteiger partial charge in [0.2, 0.25) is 0 Å². The molecule has 0 aliphatic heterocycles. The molecule has 3 aromatic heterocycles. The molecule has 6 heteroatoms. The Morgan fingerprint density at radius 2 is 1.79 bits per heavy atom. The molecule has 2 aromatic carbocycles. The summed E-state index contributed by atoms with van der Waals surface area (Å²) in [4.78, 5) is 22.6. The minimum atomic E-state index is -0.125. The molecule has 0 saturated carbocycles. The number of rotatable bonds is 3. The first kappa shape index (κ1) is 16.9. The average Bonchev–Trinajstić information content (AvgIpc) is 3.13. The van der Waals surface area contributed by atoms with Crippen LogP contribution in [0.5, 0.6) is 0 Å². The van der Waals surface area contributed by atoms with Gasteiger partial charge in [-0.1, -0.05) is 46.3 Å². The molecule has 0 unspecified atom stereocenters. The molecule has 0 bridgehead atoms. The normalized spacial score (nSPS) is 11.3. The van der Waals surface area contributed by atoms with Gasteiger partial charge in [0.25, 0.3) is 5.56 Å². The van der Waals surface area contributed by atoms with Crippen LogP contribution in [0.15, 0.2) is 88.5 Å². The third-order valence-corrected chi connectivity index (χ3v) is 5.25. The maximum atomic E-state index is 13.5. The zero-order chi connectivity index (χ0) is 19.1. The van der Waals surface area contributed by atoms with Crippen molar-refractivity contribution < 1.29 is 0 Å². The van der Waals surface area contributed by atoms with Crippen LogP contribution >= 0.6 is 15.9 Å². The maximum Gasteiger partial charge on any atom is 0.282 e. The van der Waals surface area contributed by atoms with Crippen molar-refractivity contribution in [1.82, 2.24) is 19.1 Å². The van der Waals surface area contributed by atoms with Crippen LogP contribution < -0.4 is 5.56 Å². The van der Waals surface area contributed by atoms with E-state index in [-0.39, 0.29) is 5.56 Å². The van der Waals surface area contributed by atoms with Gasteiger partial charge in [0, 0.05) is 22.6 Å². The Bertz CT molecular complexity index is 1370. The van der Waals surface area contributed by atoms with E-state index >= 15 is 0 Å². The minimum Gasteiger partial charge on any atom is -0.322 e. The highest BCUT2D eigenvalue weighted by Gasteiger charge is 2.17. The second-order valence-electron chi connectivity index (χ2n) is 6.55. The number of imidazole rings is 1. The fourth-order valence-corrected chi connectivity index (χ4v) is 3.98. The van der Waals surface area contributed by atoms with Crippen molar-refractivity contribution in [3.8, 4) is 5.69 Å².